The summed E-state index contributed by atoms with van der Waals surface area (Å²) in [5.41, 5.74) is 1.83. The van der Waals surface area contributed by atoms with E-state index in [4.69, 9.17) is 11.6 Å². The van der Waals surface area contributed by atoms with E-state index < -0.39 is 0 Å². The van der Waals surface area contributed by atoms with Gasteiger partial charge in [0.05, 0.1) is 6.54 Å². The highest BCUT2D eigenvalue weighted by molar-refractivity contribution is 8.04. The molecule has 0 fully saturated rings. The highest BCUT2D eigenvalue weighted by Gasteiger charge is 2.27. The van der Waals surface area contributed by atoms with Gasteiger partial charge in [0.15, 0.2) is 10.6 Å². The minimum atomic E-state index is -0.164. The molecule has 1 unspecified atom stereocenters. The number of hydrogen-bond donors (Lipinski definition) is 0. The van der Waals surface area contributed by atoms with Crippen molar-refractivity contribution in [2.24, 2.45) is 0 Å². The summed E-state index contributed by atoms with van der Waals surface area (Å²) >= 11 is 7.79. The molecule has 0 aromatic heterocycles. The molecule has 0 bridgehead atoms. The van der Waals surface area contributed by atoms with Gasteiger partial charge >= 0.3 is 0 Å². The van der Waals surface area contributed by atoms with Crippen LogP contribution in [0.1, 0.15) is 24.2 Å². The number of ketones is 1. The number of nitrogens with zero attached hydrogens (tertiary/aromatic N) is 1. The van der Waals surface area contributed by atoms with Crippen LogP contribution in [-0.2, 0) is 0 Å². The minimum absolute atomic E-state index is 0.103. The molecular weight excluding hydrogens is 254 g/mol. The molecule has 1 aliphatic rings. The van der Waals surface area contributed by atoms with Crippen molar-refractivity contribution in [3.8, 4) is 0 Å². The van der Waals surface area contributed by atoms with Crippen LogP contribution >= 0.6 is 23.4 Å². The van der Waals surface area contributed by atoms with Gasteiger partial charge in [-0.2, -0.15) is 0 Å². The largest absolute Gasteiger partial charge is 0.342 e. The Labute approximate surface area is 111 Å². The Bertz CT molecular complexity index is 458. The van der Waals surface area contributed by atoms with Gasteiger partial charge in [-0.1, -0.05) is 53.7 Å². The van der Waals surface area contributed by atoms with Gasteiger partial charge in [0.25, 0.3) is 0 Å². The van der Waals surface area contributed by atoms with Gasteiger partial charge in [0.2, 0.25) is 0 Å². The monoisotopic (exact) mass is 267 g/mol. The standard InChI is InChI=1S/C13H14ClNOS/c1-9-10(2)17-13(14)15(9)8-12(16)11-6-4-3-5-7-11/h3-7,13H,8H2,1-2H3. The van der Waals surface area contributed by atoms with Gasteiger partial charge in [-0.3, -0.25) is 4.79 Å². The molecule has 1 aromatic carbocycles. The lowest BCUT2D eigenvalue weighted by Gasteiger charge is -2.22. The maximum atomic E-state index is 12.1. The number of benzene rings is 1. The van der Waals surface area contributed by atoms with Crippen molar-refractivity contribution in [3.05, 3.63) is 46.5 Å². The number of Topliss-reactive ketones (excluding diaryl/α,β-unsaturated/α-hetero) is 1. The molecule has 0 radical (unpaired) electrons. The molecule has 2 nitrogen and oxygen atoms in total. The molecule has 0 N–H and O–H groups in total. The summed E-state index contributed by atoms with van der Waals surface area (Å²) in [5.74, 6) is 0.103. The molecule has 1 aromatic rings. The Morgan fingerprint density at radius 1 is 1.35 bits per heavy atom. The highest BCUT2D eigenvalue weighted by Crippen LogP contribution is 2.39. The van der Waals surface area contributed by atoms with Gasteiger partial charge in [-0.05, 0) is 13.8 Å². The predicted octanol–water partition coefficient (Wildman–Crippen LogP) is 3.69. The van der Waals surface area contributed by atoms with E-state index in [1.54, 1.807) is 11.8 Å². The van der Waals surface area contributed by atoms with Crippen LogP contribution in [0.3, 0.4) is 0 Å². The van der Waals surface area contributed by atoms with E-state index in [0.29, 0.717) is 6.54 Å². The quantitative estimate of drug-likeness (QED) is 0.473. The molecular formula is C13H14ClNOS. The second kappa shape index (κ2) is 5.15. The molecule has 0 aliphatic carbocycles. The third-order valence-corrected chi connectivity index (χ3v) is 4.47. The molecule has 0 saturated carbocycles. The SMILES string of the molecule is CC1=C(C)N(CC(=O)c2ccccc2)C(Cl)S1. The first-order valence-corrected chi connectivity index (χ1v) is 6.74. The van der Waals surface area contributed by atoms with Crippen LogP contribution in [0.15, 0.2) is 40.9 Å². The number of thioether (sulfide) groups is 1. The molecule has 1 heterocycles. The van der Waals surface area contributed by atoms with Crippen molar-refractivity contribution in [1.29, 1.82) is 0 Å². The normalized spacial score (nSPS) is 19.9. The Morgan fingerprint density at radius 3 is 2.53 bits per heavy atom. The van der Waals surface area contributed by atoms with Crippen LogP contribution in [-0.4, -0.2) is 22.1 Å². The number of carbonyl (C=O) groups is 1. The van der Waals surface area contributed by atoms with Crippen LogP contribution in [0, 0.1) is 0 Å². The Hall–Kier alpha value is -0.930. The topological polar surface area (TPSA) is 20.3 Å². The molecule has 1 aliphatic heterocycles. The summed E-state index contributed by atoms with van der Waals surface area (Å²) in [6, 6.07) is 9.32. The second-order valence-electron chi connectivity index (χ2n) is 3.97. The van der Waals surface area contributed by atoms with E-state index in [1.807, 2.05) is 49.1 Å². The van der Waals surface area contributed by atoms with E-state index in [2.05, 4.69) is 0 Å². The summed E-state index contributed by atoms with van der Waals surface area (Å²) < 4.78 is 0. The number of allylic oxidation sites excluding steroid dienone is 2. The van der Waals surface area contributed by atoms with E-state index in [1.165, 1.54) is 4.91 Å². The van der Waals surface area contributed by atoms with Crippen molar-refractivity contribution in [1.82, 2.24) is 4.90 Å². The molecule has 17 heavy (non-hydrogen) atoms. The number of hydrogen-bond acceptors (Lipinski definition) is 3. The zero-order valence-electron chi connectivity index (χ0n) is 9.81. The summed E-state index contributed by atoms with van der Waals surface area (Å²) in [7, 11) is 0. The van der Waals surface area contributed by atoms with Crippen LogP contribution in [0.5, 0.6) is 0 Å². The molecule has 0 amide bonds. The van der Waals surface area contributed by atoms with Crippen molar-refractivity contribution in [3.63, 3.8) is 0 Å². The van der Waals surface area contributed by atoms with Gasteiger partial charge in [0.1, 0.15) is 0 Å². The molecule has 4 heteroatoms. The zero-order chi connectivity index (χ0) is 12.4. The first kappa shape index (κ1) is 12.5. The van der Waals surface area contributed by atoms with Crippen molar-refractivity contribution < 1.29 is 4.79 Å². The lowest BCUT2D eigenvalue weighted by Crippen LogP contribution is -2.29. The molecule has 0 saturated heterocycles. The number of halogens is 1. The Kier molecular flexibility index (Phi) is 3.79. The van der Waals surface area contributed by atoms with Gasteiger partial charge < -0.3 is 4.90 Å². The average molecular weight is 268 g/mol. The van der Waals surface area contributed by atoms with Crippen LogP contribution in [0.2, 0.25) is 0 Å². The van der Waals surface area contributed by atoms with Crippen LogP contribution < -0.4 is 0 Å². The Morgan fingerprint density at radius 2 is 2.00 bits per heavy atom. The van der Waals surface area contributed by atoms with Crippen molar-refractivity contribution >= 4 is 29.1 Å². The predicted molar refractivity (Wildman–Crippen MR) is 73.1 cm³/mol. The van der Waals surface area contributed by atoms with E-state index >= 15 is 0 Å². The number of carbonyl (C=O) groups excluding carboxylic acids is 1. The molecule has 90 valence electrons. The smallest absolute Gasteiger partial charge is 0.182 e. The zero-order valence-corrected chi connectivity index (χ0v) is 11.4. The third kappa shape index (κ3) is 2.67. The maximum absolute atomic E-state index is 12.1. The highest BCUT2D eigenvalue weighted by atomic mass is 35.5. The number of alkyl halides is 1. The third-order valence-electron chi connectivity index (χ3n) is 2.87. The summed E-state index contributed by atoms with van der Waals surface area (Å²) in [5, 5.41) is 0. The number of rotatable bonds is 3. The van der Waals surface area contributed by atoms with Gasteiger partial charge in [-0.15, -0.1) is 0 Å². The fourth-order valence-electron chi connectivity index (χ4n) is 1.71. The first-order valence-electron chi connectivity index (χ1n) is 5.42. The molecule has 0 spiro atoms. The Balaban J connectivity index is 2.10. The summed E-state index contributed by atoms with van der Waals surface area (Å²) in [4.78, 5) is 15.0. The van der Waals surface area contributed by atoms with Gasteiger partial charge in [-0.25, -0.2) is 0 Å². The van der Waals surface area contributed by atoms with Gasteiger partial charge in [0, 0.05) is 16.2 Å². The van der Waals surface area contributed by atoms with E-state index in [-0.39, 0.29) is 10.6 Å². The summed E-state index contributed by atoms with van der Waals surface area (Å²) in [6.45, 7) is 4.37. The minimum Gasteiger partial charge on any atom is -0.342 e. The second-order valence-corrected chi connectivity index (χ2v) is 5.94. The molecule has 1 atom stereocenters. The molecule has 2 rings (SSSR count). The van der Waals surface area contributed by atoms with Crippen molar-refractivity contribution in [2.75, 3.05) is 6.54 Å². The lowest BCUT2D eigenvalue weighted by molar-refractivity contribution is 0.0955. The van der Waals surface area contributed by atoms with E-state index in [9.17, 15) is 4.79 Å². The first-order chi connectivity index (χ1) is 8.09. The average Bonchev–Trinajstić information content (AvgIpc) is 2.57. The fourth-order valence-corrected chi connectivity index (χ4v) is 3.27. The van der Waals surface area contributed by atoms with E-state index in [0.717, 1.165) is 11.3 Å². The maximum Gasteiger partial charge on any atom is 0.182 e. The summed E-state index contributed by atoms with van der Waals surface area (Å²) in [6.07, 6.45) is 0. The van der Waals surface area contributed by atoms with Crippen LogP contribution in [0.25, 0.3) is 0 Å². The van der Waals surface area contributed by atoms with Crippen LogP contribution in [0.4, 0.5) is 0 Å². The fraction of sp³-hybridized carbons (Fsp3) is 0.308. The van der Waals surface area contributed by atoms with Crippen molar-refractivity contribution in [2.45, 2.75) is 18.7 Å². The lowest BCUT2D eigenvalue weighted by atomic mass is 10.1.